The lowest BCUT2D eigenvalue weighted by atomic mass is 10.0. The van der Waals surface area contributed by atoms with E-state index in [1.165, 1.54) is 30.4 Å². The van der Waals surface area contributed by atoms with Crippen molar-refractivity contribution in [1.82, 2.24) is 4.72 Å². The zero-order chi connectivity index (χ0) is 18.2. The van der Waals surface area contributed by atoms with Gasteiger partial charge in [-0.3, -0.25) is 0 Å². The molecule has 1 N–H and O–H groups in total. The van der Waals surface area contributed by atoms with Crippen molar-refractivity contribution in [2.45, 2.75) is 37.1 Å². The molecule has 0 aliphatic heterocycles. The van der Waals surface area contributed by atoms with Gasteiger partial charge in [0.15, 0.2) is 0 Å². The van der Waals surface area contributed by atoms with Crippen LogP contribution in [0.2, 0.25) is 10.0 Å². The highest BCUT2D eigenvalue weighted by Gasteiger charge is 2.24. The van der Waals surface area contributed by atoms with Gasteiger partial charge in [-0.15, -0.1) is 0 Å². The van der Waals surface area contributed by atoms with Gasteiger partial charge in [-0.2, -0.15) is 0 Å². The third-order valence-electron chi connectivity index (χ3n) is 4.48. The molecule has 2 aromatic carbocycles. The van der Waals surface area contributed by atoms with E-state index in [2.05, 4.69) is 16.9 Å². The zero-order valence-corrected chi connectivity index (χ0v) is 16.3. The Morgan fingerprint density at radius 1 is 1.08 bits per heavy atom. The van der Waals surface area contributed by atoms with E-state index in [1.807, 2.05) is 13.0 Å². The van der Waals surface area contributed by atoms with E-state index in [4.69, 9.17) is 27.9 Å². The van der Waals surface area contributed by atoms with Crippen molar-refractivity contribution in [1.29, 1.82) is 0 Å². The fourth-order valence-corrected chi connectivity index (χ4v) is 5.18. The number of sulfonamides is 1. The number of fused-ring (bicyclic) bond motifs is 1. The topological polar surface area (TPSA) is 55.4 Å². The number of halogens is 2. The molecule has 0 aromatic heterocycles. The van der Waals surface area contributed by atoms with Crippen LogP contribution in [-0.2, 0) is 22.9 Å². The van der Waals surface area contributed by atoms with Crippen molar-refractivity contribution < 1.29 is 13.2 Å². The van der Waals surface area contributed by atoms with Gasteiger partial charge >= 0.3 is 0 Å². The summed E-state index contributed by atoms with van der Waals surface area (Å²) < 4.78 is 33.2. The average molecular weight is 400 g/mol. The largest absolute Gasteiger partial charge is 0.495 e. The molecule has 2 aromatic rings. The van der Waals surface area contributed by atoms with Crippen LogP contribution in [0.3, 0.4) is 0 Å². The van der Waals surface area contributed by atoms with Crippen LogP contribution in [0.15, 0.2) is 35.2 Å². The lowest BCUT2D eigenvalue weighted by Gasteiger charge is -2.17. The van der Waals surface area contributed by atoms with Gasteiger partial charge in [0, 0.05) is 6.04 Å². The molecule has 1 atom stereocenters. The number of methoxy groups -OCH3 is 1. The van der Waals surface area contributed by atoms with Crippen molar-refractivity contribution in [2.24, 2.45) is 0 Å². The summed E-state index contributed by atoms with van der Waals surface area (Å²) in [4.78, 5) is -0.0621. The molecule has 7 heteroatoms. The van der Waals surface area contributed by atoms with Crippen LogP contribution in [0, 0.1) is 0 Å². The predicted octanol–water partition coefficient (Wildman–Crippen LogP) is 4.53. The molecule has 0 radical (unpaired) electrons. The van der Waals surface area contributed by atoms with Gasteiger partial charge < -0.3 is 4.74 Å². The van der Waals surface area contributed by atoms with Gasteiger partial charge in [0.25, 0.3) is 0 Å². The van der Waals surface area contributed by atoms with Crippen LogP contribution in [0.1, 0.15) is 36.1 Å². The lowest BCUT2D eigenvalue weighted by molar-refractivity contribution is 0.414. The second kappa shape index (κ2) is 7.16. The van der Waals surface area contributed by atoms with Gasteiger partial charge in [0.1, 0.15) is 15.7 Å². The maximum absolute atomic E-state index is 12.7. The maximum Gasteiger partial charge on any atom is 0.242 e. The van der Waals surface area contributed by atoms with E-state index in [0.717, 1.165) is 24.8 Å². The molecule has 134 valence electrons. The molecule has 0 heterocycles. The van der Waals surface area contributed by atoms with Crippen LogP contribution in [0.25, 0.3) is 0 Å². The van der Waals surface area contributed by atoms with E-state index in [9.17, 15) is 8.42 Å². The third-order valence-corrected chi connectivity index (χ3v) is 7.04. The average Bonchev–Trinajstić information content (AvgIpc) is 3.04. The summed E-state index contributed by atoms with van der Waals surface area (Å²) in [6.07, 6.45) is 3.29. The van der Waals surface area contributed by atoms with E-state index < -0.39 is 10.0 Å². The van der Waals surface area contributed by atoms with Crippen LogP contribution in [0.4, 0.5) is 0 Å². The summed E-state index contributed by atoms with van der Waals surface area (Å²) in [5.41, 5.74) is 3.58. The first-order valence-corrected chi connectivity index (χ1v) is 10.2. The van der Waals surface area contributed by atoms with Crippen molar-refractivity contribution >= 4 is 33.2 Å². The number of benzene rings is 2. The predicted molar refractivity (Wildman–Crippen MR) is 100 cm³/mol. The highest BCUT2D eigenvalue weighted by atomic mass is 35.5. The Hall–Kier alpha value is -1.27. The molecule has 1 unspecified atom stereocenters. The Morgan fingerprint density at radius 3 is 2.52 bits per heavy atom. The van der Waals surface area contributed by atoms with E-state index in [0.29, 0.717) is 5.75 Å². The van der Waals surface area contributed by atoms with E-state index in [-0.39, 0.29) is 21.0 Å². The maximum atomic E-state index is 12.7. The third kappa shape index (κ3) is 3.65. The van der Waals surface area contributed by atoms with Gasteiger partial charge in [0.05, 0.1) is 12.1 Å². The van der Waals surface area contributed by atoms with Crippen LogP contribution in [0.5, 0.6) is 5.75 Å². The Bertz CT molecular complexity index is 913. The van der Waals surface area contributed by atoms with E-state index >= 15 is 0 Å². The fraction of sp³-hybridized carbons (Fsp3) is 0.333. The first kappa shape index (κ1) is 18.5. The lowest BCUT2D eigenvalue weighted by Crippen LogP contribution is -2.27. The highest BCUT2D eigenvalue weighted by Crippen LogP contribution is 2.37. The summed E-state index contributed by atoms with van der Waals surface area (Å²) in [6, 6.07) is 8.64. The van der Waals surface area contributed by atoms with Crippen LogP contribution in [-0.4, -0.2) is 15.5 Å². The standard InChI is InChI=1S/C18H19Cl2NO3S/c1-11(13-7-6-12-4-3-5-14(12)10-13)21-25(22,23)16-9-8-15(24-2)17(19)18(16)20/h6-11,21H,3-5H2,1-2H3. The molecular weight excluding hydrogens is 381 g/mol. The molecule has 3 rings (SSSR count). The molecule has 0 bridgehead atoms. The molecule has 4 nitrogen and oxygen atoms in total. The Morgan fingerprint density at radius 2 is 1.80 bits per heavy atom. The van der Waals surface area contributed by atoms with E-state index in [1.54, 1.807) is 0 Å². The zero-order valence-electron chi connectivity index (χ0n) is 14.0. The number of hydrogen-bond donors (Lipinski definition) is 1. The SMILES string of the molecule is COc1ccc(S(=O)(=O)NC(C)c2ccc3c(c2)CCC3)c(Cl)c1Cl. The summed E-state index contributed by atoms with van der Waals surface area (Å²) in [6.45, 7) is 1.81. The van der Waals surface area contributed by atoms with Crippen molar-refractivity contribution in [3.8, 4) is 5.75 Å². The quantitative estimate of drug-likeness (QED) is 0.803. The minimum Gasteiger partial charge on any atom is -0.495 e. The first-order valence-electron chi connectivity index (χ1n) is 7.99. The minimum atomic E-state index is -3.82. The molecular formula is C18H19Cl2NO3S. The molecule has 0 fully saturated rings. The molecule has 1 aliphatic rings. The first-order chi connectivity index (χ1) is 11.8. The summed E-state index contributed by atoms with van der Waals surface area (Å²) in [5, 5.41) is 0.0342. The van der Waals surface area contributed by atoms with Gasteiger partial charge in [-0.25, -0.2) is 13.1 Å². The number of rotatable bonds is 5. The number of aryl methyl sites for hydroxylation is 2. The Labute approximate surface area is 158 Å². The van der Waals surface area contributed by atoms with Crippen LogP contribution < -0.4 is 9.46 Å². The Kier molecular flexibility index (Phi) is 5.30. The summed E-state index contributed by atoms with van der Waals surface area (Å²) in [7, 11) is -2.38. The van der Waals surface area contributed by atoms with Crippen molar-refractivity contribution in [3.05, 3.63) is 57.1 Å². The second-order valence-corrected chi connectivity index (χ2v) is 8.56. The molecule has 0 amide bonds. The van der Waals surface area contributed by atoms with Gasteiger partial charge in [0.2, 0.25) is 10.0 Å². The molecule has 0 spiro atoms. The van der Waals surface area contributed by atoms with Crippen LogP contribution >= 0.6 is 23.2 Å². The normalized spacial score (nSPS) is 15.0. The highest BCUT2D eigenvalue weighted by molar-refractivity contribution is 7.89. The molecule has 0 saturated carbocycles. The van der Waals surface area contributed by atoms with Gasteiger partial charge in [-0.05, 0) is 55.0 Å². The monoisotopic (exact) mass is 399 g/mol. The number of ether oxygens (including phenoxy) is 1. The molecule has 25 heavy (non-hydrogen) atoms. The minimum absolute atomic E-state index is 0.0466. The molecule has 1 aliphatic carbocycles. The number of nitrogens with one attached hydrogen (secondary N) is 1. The van der Waals surface area contributed by atoms with Crippen molar-refractivity contribution in [2.75, 3.05) is 7.11 Å². The number of hydrogen-bond acceptors (Lipinski definition) is 3. The molecule has 0 saturated heterocycles. The van der Waals surface area contributed by atoms with Crippen molar-refractivity contribution in [3.63, 3.8) is 0 Å². The Balaban J connectivity index is 1.87. The smallest absolute Gasteiger partial charge is 0.242 e. The fourth-order valence-electron chi connectivity index (χ4n) is 3.10. The second-order valence-electron chi connectivity index (χ2n) is 6.12. The summed E-state index contributed by atoms with van der Waals surface area (Å²) in [5.74, 6) is 0.331. The van der Waals surface area contributed by atoms with Gasteiger partial charge in [-0.1, -0.05) is 41.4 Å². The summed E-state index contributed by atoms with van der Waals surface area (Å²) >= 11 is 12.2.